The molecule has 6 rings (SSSR count). The van der Waals surface area contributed by atoms with E-state index in [1.165, 1.54) is 12.1 Å². The van der Waals surface area contributed by atoms with Gasteiger partial charge in [0.25, 0.3) is 15.9 Å². The number of carbonyl (C=O) groups excluding carboxylic acids is 1. The minimum atomic E-state index is -4.01. The molecule has 1 amide bonds. The summed E-state index contributed by atoms with van der Waals surface area (Å²) in [5, 5.41) is 0. The zero-order chi connectivity index (χ0) is 27.5. The van der Waals surface area contributed by atoms with Gasteiger partial charge in [-0.05, 0) is 48.8 Å². The van der Waals surface area contributed by atoms with Crippen LogP contribution in [0.25, 0.3) is 0 Å². The highest BCUT2D eigenvalue weighted by molar-refractivity contribution is 7.89. The van der Waals surface area contributed by atoms with Crippen molar-refractivity contribution in [2.75, 3.05) is 0 Å². The van der Waals surface area contributed by atoms with E-state index in [-0.39, 0.29) is 10.3 Å². The highest BCUT2D eigenvalue weighted by Gasteiger charge is 2.65. The third-order valence-corrected chi connectivity index (χ3v) is 9.97. The molecule has 5 atom stereocenters. The van der Waals surface area contributed by atoms with Crippen LogP contribution in [-0.4, -0.2) is 56.6 Å². The second-order valence-corrected chi connectivity index (χ2v) is 14.3. The molecule has 0 bridgehead atoms. The van der Waals surface area contributed by atoms with Crippen LogP contribution in [0.15, 0.2) is 29.2 Å². The lowest BCUT2D eigenvalue weighted by molar-refractivity contribution is -0.247. The van der Waals surface area contributed by atoms with Gasteiger partial charge in [-0.1, -0.05) is 45.7 Å². The van der Waals surface area contributed by atoms with Gasteiger partial charge in [0.1, 0.15) is 18.3 Å². The summed E-state index contributed by atoms with van der Waals surface area (Å²) in [6, 6.07) is 6.61. The molecule has 3 saturated heterocycles. The van der Waals surface area contributed by atoms with Crippen LogP contribution in [0.5, 0.6) is 0 Å². The molecule has 11 heteroatoms. The Morgan fingerprint density at radius 1 is 0.795 bits per heavy atom. The van der Waals surface area contributed by atoms with Crippen molar-refractivity contribution in [1.29, 1.82) is 0 Å². The number of sulfonamides is 1. The first-order valence-electron chi connectivity index (χ1n) is 14.3. The van der Waals surface area contributed by atoms with Crippen LogP contribution in [0, 0.1) is 0 Å². The SMILES string of the molecule is CC(C)(C)c1ccc(S(=O)(=O)NNC(=O)[C@@H]2O[C@@H]3OC4(CCCCC4)O[C@@H]3[C@H]3OC4(CCCCC4)O[C@@H]32)cc1. The van der Waals surface area contributed by atoms with Gasteiger partial charge in [-0.2, -0.15) is 0 Å². The molecule has 5 fully saturated rings. The molecule has 216 valence electrons. The van der Waals surface area contributed by atoms with Crippen molar-refractivity contribution in [3.05, 3.63) is 29.8 Å². The zero-order valence-electron chi connectivity index (χ0n) is 22.9. The first kappa shape index (κ1) is 27.6. The number of hydrazine groups is 1. The lowest BCUT2D eigenvalue weighted by atomic mass is 9.87. The third kappa shape index (κ3) is 5.27. The van der Waals surface area contributed by atoms with Crippen molar-refractivity contribution in [3.63, 3.8) is 0 Å². The monoisotopic (exact) mass is 564 g/mol. The summed E-state index contributed by atoms with van der Waals surface area (Å²) < 4.78 is 57.9. The normalized spacial score (nSPS) is 33.6. The second kappa shape index (κ2) is 10.0. The molecule has 5 aliphatic rings. The van der Waals surface area contributed by atoms with Crippen molar-refractivity contribution in [2.24, 2.45) is 0 Å². The van der Waals surface area contributed by atoms with Gasteiger partial charge in [0.15, 0.2) is 24.0 Å². The molecule has 3 heterocycles. The molecule has 1 aromatic carbocycles. The van der Waals surface area contributed by atoms with E-state index in [4.69, 9.17) is 23.7 Å². The molecule has 0 radical (unpaired) electrons. The van der Waals surface area contributed by atoms with Gasteiger partial charge < -0.3 is 23.7 Å². The maximum atomic E-state index is 13.4. The Hall–Kier alpha value is -1.60. The highest BCUT2D eigenvalue weighted by Crippen LogP contribution is 2.50. The predicted octanol–water partition coefficient (Wildman–Crippen LogP) is 3.54. The number of hydrogen-bond donors (Lipinski definition) is 2. The average molecular weight is 565 g/mol. The summed E-state index contributed by atoms with van der Waals surface area (Å²) in [5.41, 5.74) is 3.25. The maximum Gasteiger partial charge on any atom is 0.267 e. The number of fused-ring (bicyclic) bond motifs is 3. The summed E-state index contributed by atoms with van der Waals surface area (Å²) in [6.45, 7) is 6.16. The van der Waals surface area contributed by atoms with E-state index in [0.717, 1.165) is 69.8 Å². The molecule has 39 heavy (non-hydrogen) atoms. The van der Waals surface area contributed by atoms with Gasteiger partial charge in [-0.15, -0.1) is 4.83 Å². The van der Waals surface area contributed by atoms with E-state index in [9.17, 15) is 13.2 Å². The number of amides is 1. The van der Waals surface area contributed by atoms with Gasteiger partial charge in [0.05, 0.1) is 4.90 Å². The minimum absolute atomic E-state index is 0.0478. The van der Waals surface area contributed by atoms with Crippen LogP contribution < -0.4 is 10.3 Å². The van der Waals surface area contributed by atoms with Gasteiger partial charge in [0.2, 0.25) is 0 Å². The Bertz CT molecular complexity index is 1170. The smallest absolute Gasteiger partial charge is 0.267 e. The van der Waals surface area contributed by atoms with Crippen LogP contribution in [0.3, 0.4) is 0 Å². The molecular weight excluding hydrogens is 524 g/mol. The number of nitrogens with one attached hydrogen (secondary N) is 2. The van der Waals surface area contributed by atoms with E-state index in [1.54, 1.807) is 12.1 Å². The largest absolute Gasteiger partial charge is 0.341 e. The number of ether oxygens (including phenoxy) is 5. The van der Waals surface area contributed by atoms with E-state index in [2.05, 4.69) is 31.0 Å². The van der Waals surface area contributed by atoms with Crippen LogP contribution >= 0.6 is 0 Å². The molecule has 0 aromatic heterocycles. The summed E-state index contributed by atoms with van der Waals surface area (Å²) in [4.78, 5) is 15.7. The number of hydrogen-bond acceptors (Lipinski definition) is 8. The standard InChI is InChI=1S/C28H40N2O8S/c1-26(2,3)18-10-12-19(13-11-18)39(32,33)30-29-24(31)22-20-21(36-27(35-20)14-6-4-7-15-27)23-25(34-22)38-28(37-23)16-8-5-9-17-28/h10-13,20-23,25,30H,4-9,14-17H2,1-3H3,(H,29,31)/t20-,21-,22+,23+,25+/m0/s1. The Kier molecular flexibility index (Phi) is 7.10. The Morgan fingerprint density at radius 3 is 1.92 bits per heavy atom. The lowest BCUT2D eigenvalue weighted by Crippen LogP contribution is -2.61. The third-order valence-electron chi connectivity index (χ3n) is 8.71. The molecule has 2 aliphatic carbocycles. The molecule has 1 aromatic rings. The van der Waals surface area contributed by atoms with Gasteiger partial charge >= 0.3 is 0 Å². The fourth-order valence-corrected chi connectivity index (χ4v) is 7.40. The summed E-state index contributed by atoms with van der Waals surface area (Å²) in [6.07, 6.45) is 5.41. The Labute approximate surface area is 230 Å². The van der Waals surface area contributed by atoms with Crippen molar-refractivity contribution < 1.29 is 36.9 Å². The molecule has 2 saturated carbocycles. The van der Waals surface area contributed by atoms with Crippen LogP contribution in [0.1, 0.15) is 90.5 Å². The van der Waals surface area contributed by atoms with Gasteiger partial charge in [-0.3, -0.25) is 10.2 Å². The Morgan fingerprint density at radius 2 is 1.33 bits per heavy atom. The molecule has 0 unspecified atom stereocenters. The van der Waals surface area contributed by atoms with E-state index >= 15 is 0 Å². The molecule has 2 spiro atoms. The highest BCUT2D eigenvalue weighted by atomic mass is 32.2. The molecule has 3 aliphatic heterocycles. The number of rotatable bonds is 4. The average Bonchev–Trinajstić information content (AvgIpc) is 3.45. The lowest BCUT2D eigenvalue weighted by Gasteiger charge is -2.36. The van der Waals surface area contributed by atoms with Crippen LogP contribution in [-0.2, 0) is 43.9 Å². The predicted molar refractivity (Wildman–Crippen MR) is 140 cm³/mol. The van der Waals surface area contributed by atoms with Crippen LogP contribution in [0.2, 0.25) is 0 Å². The van der Waals surface area contributed by atoms with Crippen molar-refractivity contribution in [2.45, 2.75) is 138 Å². The summed E-state index contributed by atoms with van der Waals surface area (Å²) >= 11 is 0. The Balaban J connectivity index is 1.19. The number of benzene rings is 1. The zero-order valence-corrected chi connectivity index (χ0v) is 23.8. The van der Waals surface area contributed by atoms with Crippen molar-refractivity contribution in [1.82, 2.24) is 10.3 Å². The van der Waals surface area contributed by atoms with E-state index in [1.807, 2.05) is 0 Å². The van der Waals surface area contributed by atoms with Gasteiger partial charge in [-0.25, -0.2) is 8.42 Å². The van der Waals surface area contributed by atoms with Gasteiger partial charge in [0, 0.05) is 25.7 Å². The fraction of sp³-hybridized carbons (Fsp3) is 0.750. The van der Waals surface area contributed by atoms with E-state index in [0.29, 0.717) is 0 Å². The molecular formula is C28H40N2O8S. The topological polar surface area (TPSA) is 121 Å². The molecule has 2 N–H and O–H groups in total. The summed E-state index contributed by atoms with van der Waals surface area (Å²) in [5.74, 6) is -2.19. The first-order valence-corrected chi connectivity index (χ1v) is 15.8. The van der Waals surface area contributed by atoms with E-state index < -0.39 is 58.2 Å². The number of carbonyl (C=O) groups is 1. The summed E-state index contributed by atoms with van der Waals surface area (Å²) in [7, 11) is -4.01. The second-order valence-electron chi connectivity index (χ2n) is 12.6. The van der Waals surface area contributed by atoms with Crippen molar-refractivity contribution >= 4 is 15.9 Å². The molecule has 10 nitrogen and oxygen atoms in total. The quantitative estimate of drug-likeness (QED) is 0.533. The fourth-order valence-electron chi connectivity index (χ4n) is 6.55. The maximum absolute atomic E-state index is 13.4. The van der Waals surface area contributed by atoms with Crippen LogP contribution in [0.4, 0.5) is 0 Å². The van der Waals surface area contributed by atoms with Crippen molar-refractivity contribution in [3.8, 4) is 0 Å². The first-order chi connectivity index (χ1) is 18.5. The minimum Gasteiger partial charge on any atom is -0.341 e.